The van der Waals surface area contributed by atoms with Gasteiger partial charge in [-0.1, -0.05) is 0 Å². The maximum absolute atomic E-state index is 7.19. The second kappa shape index (κ2) is 0.711. The minimum atomic E-state index is -1.33. The van der Waals surface area contributed by atoms with Gasteiger partial charge in [0.15, 0.2) is 0 Å². The molecule has 0 heterocycles. The molecule has 4 heavy (non-hydrogen) atoms. The number of aliphatic hydroxyl groups is 2. The minimum absolute atomic E-state index is 1.33. The van der Waals surface area contributed by atoms with Crippen molar-refractivity contribution in [2.24, 2.45) is 0 Å². The molecular weight excluding hydrogens is 58.0 g/mol. The van der Waals surface area contributed by atoms with Crippen molar-refractivity contribution in [3.05, 3.63) is 0 Å². The standard InChI is InChI=1S/CH3NO2/c2-1(3)4/h(H3,2,3,4). The average Bonchev–Trinajstić information content (AvgIpc) is 0.811. The van der Waals surface area contributed by atoms with Gasteiger partial charge in [0.05, 0.1) is 0 Å². The summed E-state index contributed by atoms with van der Waals surface area (Å²) in [5.41, 5.74) is 0. The van der Waals surface area contributed by atoms with Crippen LogP contribution in [0.2, 0.25) is 0 Å². The van der Waals surface area contributed by atoms with Crippen LogP contribution in [0.4, 0.5) is 0 Å². The third-order valence-corrected chi connectivity index (χ3v) is 0. The number of nitrogens with one attached hydrogen (secondary N) is 1. The number of aliphatic hydroxyl groups excluding tert-OH is 1. The fraction of sp³-hybridized carbons (Fsp3) is 0. The van der Waals surface area contributed by atoms with Gasteiger partial charge in [0.25, 0.3) is 0 Å². The van der Waals surface area contributed by atoms with E-state index in [0.29, 0.717) is 0 Å². The molecule has 0 aromatic rings. The predicted molar refractivity (Wildman–Crippen MR) is 13.0 cm³/mol. The Morgan fingerprint density at radius 2 is 1.50 bits per heavy atom. The summed E-state index contributed by atoms with van der Waals surface area (Å²) < 4.78 is 0. The van der Waals surface area contributed by atoms with E-state index in [1.807, 2.05) is 0 Å². The lowest BCUT2D eigenvalue weighted by Crippen LogP contribution is -1.83. The van der Waals surface area contributed by atoms with Crippen molar-refractivity contribution in [3.8, 4) is 0 Å². The zero-order valence-corrected chi connectivity index (χ0v) is 1.89. The molecule has 0 atom stereocenters. The predicted octanol–water partition coefficient (Wildman–Crippen LogP) is 0.0372. The van der Waals surface area contributed by atoms with Crippen molar-refractivity contribution in [2.45, 2.75) is 0 Å². The number of rotatable bonds is 0. The first-order valence-corrected chi connectivity index (χ1v) is 0.697. The molecule has 0 unspecified atom stereocenters. The molecule has 0 spiro atoms. The summed E-state index contributed by atoms with van der Waals surface area (Å²) in [6, 6.07) is 0. The number of hydrogen-bond acceptors (Lipinski definition) is 1. The molecule has 3 N–H and O–H groups in total. The first-order chi connectivity index (χ1) is 1.73. The number of hydrogen-bond donors (Lipinski definition) is 3. The fourth-order valence-corrected chi connectivity index (χ4v) is 0. The first-order valence-electron chi connectivity index (χ1n) is 0.697. The molecule has 0 radical (unpaired) electrons. The van der Waals surface area contributed by atoms with Crippen LogP contribution in [-0.4, -0.2) is 16.3 Å². The zero-order chi connectivity index (χ0) is 3.58. The third-order valence-electron chi connectivity index (χ3n) is 0. The van der Waals surface area contributed by atoms with Crippen LogP contribution >= 0.6 is 0 Å². The van der Waals surface area contributed by atoms with Gasteiger partial charge in [-0.2, -0.15) is 0 Å². The molecule has 0 aromatic heterocycles. The second-order valence-electron chi connectivity index (χ2n) is 0.324. The summed E-state index contributed by atoms with van der Waals surface area (Å²) in [4.78, 5) is 0. The van der Waals surface area contributed by atoms with Gasteiger partial charge in [-0.25, -0.2) is 5.41 Å². The Hall–Kier alpha value is -0.730. The molecule has 0 aliphatic carbocycles. The van der Waals surface area contributed by atoms with Crippen LogP contribution in [0.3, 0.4) is 0 Å². The van der Waals surface area contributed by atoms with Crippen molar-refractivity contribution in [2.75, 3.05) is 0 Å². The highest BCUT2D eigenvalue weighted by Crippen LogP contribution is 1.34. The maximum atomic E-state index is 7.19. The third kappa shape index (κ3) is 0.174. The van der Waals surface area contributed by atoms with Crippen molar-refractivity contribution in [3.63, 3.8) is 0 Å². The van der Waals surface area contributed by atoms with Crippen LogP contribution in [0.5, 0.6) is 0 Å². The summed E-state index contributed by atoms with van der Waals surface area (Å²) in [5.74, 6) is 0. The molecule has 0 aliphatic heterocycles. The van der Waals surface area contributed by atoms with Gasteiger partial charge >= 0.3 is 6.08 Å². The van der Waals surface area contributed by atoms with Gasteiger partial charge in [0.1, 0.15) is 0 Å². The molecule has 3 heteroatoms. The minimum Gasteiger partial charge on any atom is -0.467 e. The van der Waals surface area contributed by atoms with E-state index in [0.717, 1.165) is 0 Å². The van der Waals surface area contributed by atoms with Crippen LogP contribution < -0.4 is 0 Å². The molecule has 0 fully saturated rings. The van der Waals surface area contributed by atoms with E-state index in [4.69, 9.17) is 15.6 Å². The molecule has 0 amide bonds. The maximum Gasteiger partial charge on any atom is 0.375 e. The summed E-state index contributed by atoms with van der Waals surface area (Å²) >= 11 is 0. The molecular formula is CH3NO2. The summed E-state index contributed by atoms with van der Waals surface area (Å²) in [6.45, 7) is 0. The largest absolute Gasteiger partial charge is 0.467 e. The Bertz CT molecular complexity index is 29.0. The van der Waals surface area contributed by atoms with E-state index in [2.05, 4.69) is 0 Å². The SMILES string of the molecule is N=C(O)O. The van der Waals surface area contributed by atoms with E-state index < -0.39 is 6.08 Å². The van der Waals surface area contributed by atoms with Gasteiger partial charge in [0, 0.05) is 0 Å². The van der Waals surface area contributed by atoms with Gasteiger partial charge in [-0.05, 0) is 0 Å². The summed E-state index contributed by atoms with van der Waals surface area (Å²) in [7, 11) is 0. The van der Waals surface area contributed by atoms with E-state index in [1.165, 1.54) is 0 Å². The van der Waals surface area contributed by atoms with Gasteiger partial charge in [0.2, 0.25) is 0 Å². The van der Waals surface area contributed by atoms with E-state index in [9.17, 15) is 0 Å². The van der Waals surface area contributed by atoms with E-state index >= 15 is 0 Å². The average molecular weight is 61.0 g/mol. The monoisotopic (exact) mass is 61.0 g/mol. The van der Waals surface area contributed by atoms with E-state index in [-0.39, 0.29) is 0 Å². The Kier molecular flexibility index (Phi) is 0.581. The molecule has 0 bridgehead atoms. The second-order valence-corrected chi connectivity index (χ2v) is 0.324. The van der Waals surface area contributed by atoms with Gasteiger partial charge < -0.3 is 10.2 Å². The molecule has 0 aliphatic rings. The Morgan fingerprint density at radius 1 is 1.50 bits per heavy atom. The van der Waals surface area contributed by atoms with Crippen molar-refractivity contribution >= 4 is 6.08 Å². The molecule has 24 valence electrons. The lowest BCUT2D eigenvalue weighted by molar-refractivity contribution is 0.359. The Labute approximate surface area is 23.0 Å². The topological polar surface area (TPSA) is 64.3 Å². The van der Waals surface area contributed by atoms with Crippen molar-refractivity contribution in [1.82, 2.24) is 0 Å². The molecule has 0 saturated heterocycles. The smallest absolute Gasteiger partial charge is 0.375 e. The van der Waals surface area contributed by atoms with Crippen LogP contribution in [0, 0.1) is 5.41 Å². The lowest BCUT2D eigenvalue weighted by atomic mass is 11.4. The zero-order valence-electron chi connectivity index (χ0n) is 1.89. The molecule has 0 rings (SSSR count). The Balaban J connectivity index is 2.80. The highest BCUT2D eigenvalue weighted by molar-refractivity contribution is 5.56. The quantitative estimate of drug-likeness (QED) is 0.273. The molecule has 3 nitrogen and oxygen atoms in total. The van der Waals surface area contributed by atoms with Gasteiger partial charge in [-0.15, -0.1) is 0 Å². The van der Waals surface area contributed by atoms with Crippen LogP contribution in [0.1, 0.15) is 0 Å². The fourth-order valence-electron chi connectivity index (χ4n) is 0. The summed E-state index contributed by atoms with van der Waals surface area (Å²) in [6.07, 6.45) is -1.33. The highest BCUT2D eigenvalue weighted by atomic mass is 16.5. The van der Waals surface area contributed by atoms with Crippen molar-refractivity contribution in [1.29, 1.82) is 5.41 Å². The normalized spacial score (nSPS) is 6.00. The van der Waals surface area contributed by atoms with Crippen molar-refractivity contribution < 1.29 is 10.2 Å². The molecule has 0 aromatic carbocycles. The Morgan fingerprint density at radius 3 is 1.50 bits per heavy atom. The first kappa shape index (κ1) is 3.27. The van der Waals surface area contributed by atoms with E-state index in [1.54, 1.807) is 0 Å². The van der Waals surface area contributed by atoms with Crippen LogP contribution in [0.25, 0.3) is 0 Å². The van der Waals surface area contributed by atoms with Crippen LogP contribution in [0.15, 0.2) is 0 Å². The lowest BCUT2D eigenvalue weighted by Gasteiger charge is -1.66. The van der Waals surface area contributed by atoms with Gasteiger partial charge in [-0.3, -0.25) is 0 Å². The summed E-state index contributed by atoms with van der Waals surface area (Å²) in [5, 5.41) is 20.0. The molecule has 0 saturated carbocycles. The highest BCUT2D eigenvalue weighted by Gasteiger charge is 1.61. The van der Waals surface area contributed by atoms with Crippen LogP contribution in [-0.2, 0) is 0 Å².